The maximum absolute atomic E-state index is 12.8. The highest BCUT2D eigenvalue weighted by Crippen LogP contribution is 2.33. The number of benzene rings is 3. The molecule has 3 aromatic carbocycles. The van der Waals surface area contributed by atoms with Crippen molar-refractivity contribution in [3.63, 3.8) is 0 Å². The van der Waals surface area contributed by atoms with Crippen LogP contribution in [0.1, 0.15) is 33.9 Å². The highest BCUT2D eigenvalue weighted by atomic mass is 35.5. The van der Waals surface area contributed by atoms with E-state index >= 15 is 0 Å². The number of fused-ring (bicyclic) bond motifs is 2. The first-order chi connectivity index (χ1) is 14.6. The third-order valence-electron chi connectivity index (χ3n) is 5.47. The molecule has 30 heavy (non-hydrogen) atoms. The lowest BCUT2D eigenvalue weighted by Crippen LogP contribution is -2.27. The molecular weight excluding hydrogens is 417 g/mol. The average molecular weight is 434 g/mol. The summed E-state index contributed by atoms with van der Waals surface area (Å²) in [4.78, 5) is 22.0. The number of aromatic nitrogens is 2. The van der Waals surface area contributed by atoms with Gasteiger partial charge in [0.1, 0.15) is 0 Å². The molecule has 0 bridgehead atoms. The lowest BCUT2D eigenvalue weighted by Gasteiger charge is -2.14. The van der Waals surface area contributed by atoms with Gasteiger partial charge in [-0.25, -0.2) is 4.98 Å². The molecule has 1 aliphatic carbocycles. The monoisotopic (exact) mass is 433 g/mol. The van der Waals surface area contributed by atoms with Gasteiger partial charge >= 0.3 is 0 Å². The van der Waals surface area contributed by atoms with Crippen molar-refractivity contribution >= 4 is 40.1 Å². The summed E-state index contributed by atoms with van der Waals surface area (Å²) >= 11 is 12.4. The largest absolute Gasteiger partial charge is 0.345 e. The van der Waals surface area contributed by atoms with Crippen molar-refractivity contribution in [1.82, 2.24) is 15.3 Å². The molecule has 0 saturated carbocycles. The predicted octanol–water partition coefficient (Wildman–Crippen LogP) is 6.02. The predicted molar refractivity (Wildman–Crippen MR) is 120 cm³/mol. The summed E-state index contributed by atoms with van der Waals surface area (Å²) in [6.45, 7) is 0. The Bertz CT molecular complexity index is 1290. The molecule has 1 atom stereocenters. The van der Waals surface area contributed by atoms with Crippen LogP contribution in [0.4, 0.5) is 0 Å². The minimum atomic E-state index is -0.109. The number of aryl methyl sites for hydroxylation is 1. The Kier molecular flexibility index (Phi) is 4.89. The molecule has 1 heterocycles. The van der Waals surface area contributed by atoms with E-state index in [0.717, 1.165) is 18.4 Å². The number of carbonyl (C=O) groups excluding carboxylic acids is 1. The summed E-state index contributed by atoms with van der Waals surface area (Å²) in [5, 5.41) is 4.06. The van der Waals surface area contributed by atoms with E-state index in [4.69, 9.17) is 23.2 Å². The lowest BCUT2D eigenvalue weighted by molar-refractivity contribution is 0.0937. The Balaban J connectivity index is 1.42. The highest BCUT2D eigenvalue weighted by Gasteiger charge is 2.24. The van der Waals surface area contributed by atoms with Crippen LogP contribution in [0.3, 0.4) is 0 Å². The quantitative estimate of drug-likeness (QED) is 0.429. The van der Waals surface area contributed by atoms with Gasteiger partial charge in [0.2, 0.25) is 0 Å². The minimum absolute atomic E-state index is 0.0443. The van der Waals surface area contributed by atoms with Crippen molar-refractivity contribution in [3.05, 3.63) is 93.6 Å². The molecule has 4 nitrogen and oxygen atoms in total. The number of halogens is 2. The van der Waals surface area contributed by atoms with Crippen molar-refractivity contribution in [1.29, 1.82) is 0 Å². The maximum Gasteiger partial charge on any atom is 0.251 e. The normalized spacial score (nSPS) is 15.2. The smallest absolute Gasteiger partial charge is 0.251 e. The van der Waals surface area contributed by atoms with Crippen molar-refractivity contribution in [2.24, 2.45) is 0 Å². The van der Waals surface area contributed by atoms with Crippen LogP contribution in [0.5, 0.6) is 0 Å². The van der Waals surface area contributed by atoms with Crippen LogP contribution >= 0.6 is 23.2 Å². The Morgan fingerprint density at radius 1 is 1.00 bits per heavy atom. The average Bonchev–Trinajstić information content (AvgIpc) is 3.18. The van der Waals surface area contributed by atoms with E-state index in [1.54, 1.807) is 24.4 Å². The lowest BCUT2D eigenvalue weighted by atomic mass is 10.1. The van der Waals surface area contributed by atoms with Crippen LogP contribution in [-0.4, -0.2) is 15.9 Å². The number of carbonyl (C=O) groups is 1. The SMILES string of the molecule is O=C(N[C@H]1CCc2ccccc21)c1ccc2nc(-c3cccc(Cl)c3Cl)cnc2c1. The van der Waals surface area contributed by atoms with Gasteiger partial charge in [-0.05, 0) is 48.2 Å². The van der Waals surface area contributed by atoms with E-state index in [1.165, 1.54) is 11.1 Å². The van der Waals surface area contributed by atoms with E-state index in [0.29, 0.717) is 32.3 Å². The molecular formula is C24H17Cl2N3O. The van der Waals surface area contributed by atoms with Gasteiger partial charge in [0.05, 0.1) is 39.0 Å². The first-order valence-corrected chi connectivity index (χ1v) is 10.5. The Morgan fingerprint density at radius 3 is 2.77 bits per heavy atom. The molecule has 1 N–H and O–H groups in total. The van der Waals surface area contributed by atoms with Gasteiger partial charge in [0.15, 0.2) is 0 Å². The van der Waals surface area contributed by atoms with Crippen molar-refractivity contribution in [2.45, 2.75) is 18.9 Å². The second-order valence-corrected chi connectivity index (χ2v) is 8.11. The molecule has 1 aliphatic rings. The summed E-state index contributed by atoms with van der Waals surface area (Å²) in [5.74, 6) is -0.109. The molecule has 148 valence electrons. The van der Waals surface area contributed by atoms with Crippen molar-refractivity contribution < 1.29 is 4.79 Å². The van der Waals surface area contributed by atoms with Gasteiger partial charge in [0, 0.05) is 11.1 Å². The summed E-state index contributed by atoms with van der Waals surface area (Å²) < 4.78 is 0. The zero-order chi connectivity index (χ0) is 20.7. The maximum atomic E-state index is 12.8. The second kappa shape index (κ2) is 7.71. The van der Waals surface area contributed by atoms with Crippen molar-refractivity contribution in [2.75, 3.05) is 0 Å². The topological polar surface area (TPSA) is 54.9 Å². The summed E-state index contributed by atoms with van der Waals surface area (Å²) in [7, 11) is 0. The van der Waals surface area contributed by atoms with Gasteiger partial charge in [0.25, 0.3) is 5.91 Å². The molecule has 1 amide bonds. The zero-order valence-electron chi connectivity index (χ0n) is 15.9. The molecule has 0 aliphatic heterocycles. The first kappa shape index (κ1) is 19.0. The van der Waals surface area contributed by atoms with Gasteiger partial charge < -0.3 is 5.32 Å². The number of nitrogens with one attached hydrogen (secondary N) is 1. The van der Waals surface area contributed by atoms with Crippen LogP contribution in [0.15, 0.2) is 66.9 Å². The Labute approximate surface area is 183 Å². The van der Waals surface area contributed by atoms with E-state index in [1.807, 2.05) is 30.3 Å². The molecule has 6 heteroatoms. The number of hydrogen-bond donors (Lipinski definition) is 1. The minimum Gasteiger partial charge on any atom is -0.345 e. The fourth-order valence-electron chi connectivity index (χ4n) is 3.93. The number of nitrogens with zero attached hydrogens (tertiary/aromatic N) is 2. The van der Waals surface area contributed by atoms with E-state index in [9.17, 15) is 4.79 Å². The third kappa shape index (κ3) is 3.42. The van der Waals surface area contributed by atoms with Crippen LogP contribution in [0.2, 0.25) is 10.0 Å². The van der Waals surface area contributed by atoms with Crippen molar-refractivity contribution in [3.8, 4) is 11.3 Å². The third-order valence-corrected chi connectivity index (χ3v) is 6.29. The summed E-state index contributed by atoms with van der Waals surface area (Å²) in [5.41, 5.74) is 5.77. The molecule has 1 aromatic heterocycles. The fourth-order valence-corrected chi connectivity index (χ4v) is 4.33. The van der Waals surface area contributed by atoms with Gasteiger partial charge in [-0.1, -0.05) is 59.6 Å². The molecule has 0 saturated heterocycles. The first-order valence-electron chi connectivity index (χ1n) is 9.70. The van der Waals surface area contributed by atoms with Gasteiger partial charge in [-0.3, -0.25) is 9.78 Å². The standard InChI is InChI=1S/C24H17Cl2N3O/c25-18-7-3-6-17(23(18)26)22-13-27-21-12-15(9-11-20(21)28-22)24(30)29-19-10-8-14-4-1-2-5-16(14)19/h1-7,9,11-13,19H,8,10H2,(H,29,30)/t19-/m0/s1. The summed E-state index contributed by atoms with van der Waals surface area (Å²) in [6, 6.07) is 19.1. The number of rotatable bonds is 3. The number of hydrogen-bond acceptors (Lipinski definition) is 3. The number of amides is 1. The van der Waals surface area contributed by atoms with Crippen LogP contribution in [-0.2, 0) is 6.42 Å². The Hall–Kier alpha value is -2.95. The van der Waals surface area contributed by atoms with Crippen LogP contribution in [0.25, 0.3) is 22.3 Å². The zero-order valence-corrected chi connectivity index (χ0v) is 17.4. The molecule has 0 spiro atoms. The molecule has 0 fully saturated rings. The molecule has 5 rings (SSSR count). The fraction of sp³-hybridized carbons (Fsp3) is 0.125. The van der Waals surface area contributed by atoms with Gasteiger partial charge in [-0.2, -0.15) is 0 Å². The Morgan fingerprint density at radius 2 is 1.87 bits per heavy atom. The van der Waals surface area contributed by atoms with Crippen LogP contribution < -0.4 is 5.32 Å². The van der Waals surface area contributed by atoms with Crippen LogP contribution in [0, 0.1) is 0 Å². The summed E-state index contributed by atoms with van der Waals surface area (Å²) in [6.07, 6.45) is 3.55. The van der Waals surface area contributed by atoms with Gasteiger partial charge in [-0.15, -0.1) is 0 Å². The molecule has 4 aromatic rings. The highest BCUT2D eigenvalue weighted by molar-refractivity contribution is 6.43. The van der Waals surface area contributed by atoms with E-state index in [-0.39, 0.29) is 11.9 Å². The molecule has 0 unspecified atom stereocenters. The molecule has 0 radical (unpaired) electrons. The van der Waals surface area contributed by atoms with E-state index < -0.39 is 0 Å². The van der Waals surface area contributed by atoms with E-state index in [2.05, 4.69) is 27.4 Å². The second-order valence-electron chi connectivity index (χ2n) is 7.32.